The number of aromatic nitrogens is 2. The molecule has 0 radical (unpaired) electrons. The summed E-state index contributed by atoms with van der Waals surface area (Å²) in [6.07, 6.45) is 17.9. The molecule has 23 heteroatoms. The van der Waals surface area contributed by atoms with Crippen LogP contribution < -0.4 is 20.7 Å². The van der Waals surface area contributed by atoms with Gasteiger partial charge in [-0.15, -0.1) is 0 Å². The number of phosphoric ester groups is 2. The van der Waals surface area contributed by atoms with Gasteiger partial charge < -0.3 is 28.7 Å². The quantitative estimate of drug-likeness (QED) is 0.0135. The number of rotatable bonds is 31. The van der Waals surface area contributed by atoms with E-state index >= 15 is 0 Å². The molecule has 1 aliphatic heterocycles. The highest BCUT2D eigenvalue weighted by molar-refractivity contribution is 7.67. The van der Waals surface area contributed by atoms with Crippen LogP contribution in [0.5, 0.6) is 11.5 Å². The third kappa shape index (κ3) is 20.9. The van der Waals surface area contributed by atoms with Crippen LogP contribution in [0.15, 0.2) is 76.5 Å². The monoisotopic (exact) mass is 986 g/mol. The zero-order chi connectivity index (χ0) is 48.0. The van der Waals surface area contributed by atoms with Crippen molar-refractivity contribution in [2.45, 2.75) is 136 Å². The van der Waals surface area contributed by atoms with Crippen molar-refractivity contribution >= 4 is 35.6 Å². The maximum Gasteiger partial charge on any atom is 0.513 e. The van der Waals surface area contributed by atoms with Gasteiger partial charge in [-0.25, -0.2) is 23.3 Å². The number of benzene rings is 2. The van der Waals surface area contributed by atoms with Crippen molar-refractivity contribution in [2.24, 2.45) is 0 Å². The number of hydrogen-bond donors (Lipinski definition) is 3. The summed E-state index contributed by atoms with van der Waals surface area (Å²) in [5.74, 6) is -0.258. The van der Waals surface area contributed by atoms with E-state index in [1.807, 2.05) is 0 Å². The molecule has 4 rings (SSSR count). The number of hydrogen-bond acceptors (Lipinski definition) is 16. The first-order valence-corrected chi connectivity index (χ1v) is 26.4. The molecule has 0 spiro atoms. The predicted octanol–water partition coefficient (Wildman–Crippen LogP) is 10.0. The van der Waals surface area contributed by atoms with Crippen molar-refractivity contribution < 1.29 is 74.2 Å². The first-order chi connectivity index (χ1) is 31.4. The van der Waals surface area contributed by atoms with E-state index < -0.39 is 79.0 Å². The second-order valence-electron chi connectivity index (χ2n) is 15.5. The number of carbonyl (C=O) groups excluding carboxylic acids is 2. The molecule has 3 N–H and O–H groups in total. The summed E-state index contributed by atoms with van der Waals surface area (Å²) in [5, 5.41) is 0. The van der Waals surface area contributed by atoms with Gasteiger partial charge in [-0.3, -0.25) is 32.7 Å². The molecule has 5 atom stereocenters. The molecule has 2 aromatic carbocycles. The Kier molecular flexibility index (Phi) is 22.9. The molecule has 0 saturated heterocycles. The Morgan fingerprint density at radius 2 is 1.21 bits per heavy atom. The van der Waals surface area contributed by atoms with Gasteiger partial charge in [0, 0.05) is 18.7 Å². The zero-order valence-electron chi connectivity index (χ0n) is 37.4. The summed E-state index contributed by atoms with van der Waals surface area (Å²) in [7, 11) is -16.5. The standard InChI is InChI=1S/C43H61N2O18P3/c1-4-5-6-7-8-9-10-11-12-13-14-15-16-17-28-55-43(49)61-38-24-20-36(21-25-38)31-58-66(54,57-30-35-18-22-37(23-19-35)59-34(3)46)63-65(52,53)62-64(50,51)56-32-39-26-27-40(60-39)45-29-33(2)41(47)44-42(45)48/h18-27,29,39-40H,4-17,28,30-32H2,1-3H3,(H,50,51)(H,52,53)(H,44,47,48)/t39-,40+,66?/m0/s1. The fourth-order valence-electron chi connectivity index (χ4n) is 6.42. The molecule has 0 saturated carbocycles. The summed E-state index contributed by atoms with van der Waals surface area (Å²) < 4.78 is 86.4. The maximum absolute atomic E-state index is 13.9. The van der Waals surface area contributed by atoms with Gasteiger partial charge in [-0.05, 0) is 54.8 Å². The normalized spacial score (nSPS) is 17.4. The Labute approximate surface area is 383 Å². The summed E-state index contributed by atoms with van der Waals surface area (Å²) in [4.78, 5) is 70.5. The van der Waals surface area contributed by atoms with Crippen molar-refractivity contribution in [1.29, 1.82) is 0 Å². The molecule has 20 nitrogen and oxygen atoms in total. The number of unbranched alkanes of at least 4 members (excludes halogenated alkanes) is 13. The summed E-state index contributed by atoms with van der Waals surface area (Å²) >= 11 is 0. The van der Waals surface area contributed by atoms with Gasteiger partial charge in [-0.2, -0.15) is 8.62 Å². The molecule has 1 aliphatic rings. The fraction of sp³-hybridized carbons (Fsp3) is 0.535. The summed E-state index contributed by atoms with van der Waals surface area (Å²) in [5.41, 5.74) is -0.552. The molecule has 2 heterocycles. The minimum atomic E-state index is -5.81. The van der Waals surface area contributed by atoms with Crippen LogP contribution in [0.2, 0.25) is 0 Å². The molecule has 3 unspecified atom stereocenters. The van der Waals surface area contributed by atoms with Crippen molar-refractivity contribution in [1.82, 2.24) is 9.55 Å². The Morgan fingerprint density at radius 3 is 1.74 bits per heavy atom. The highest BCUT2D eigenvalue weighted by Crippen LogP contribution is 2.69. The van der Waals surface area contributed by atoms with Crippen LogP contribution in [0.4, 0.5) is 4.79 Å². The van der Waals surface area contributed by atoms with E-state index in [4.69, 9.17) is 36.8 Å². The molecule has 66 heavy (non-hydrogen) atoms. The SMILES string of the molecule is CCCCCCCCCCCCCCCCOC(=O)Oc1ccc(COP(=O)(OCc2ccc(OC(C)=O)cc2)OP(=O)(O)OP(=O)(O)OC[C@@H]2C=C[C@H](n3cc(C)c(=O)[nH]c3=O)O2)cc1. The Bertz CT molecular complexity index is 2280. The topological polar surface area (TPSA) is 264 Å². The van der Waals surface area contributed by atoms with E-state index in [1.165, 1.54) is 145 Å². The van der Waals surface area contributed by atoms with Crippen LogP contribution in [-0.4, -0.2) is 50.8 Å². The number of aromatic amines is 1. The van der Waals surface area contributed by atoms with Crippen LogP contribution in [0.3, 0.4) is 0 Å². The number of nitrogens with one attached hydrogen (secondary N) is 1. The number of H-pyrrole nitrogens is 1. The maximum atomic E-state index is 13.9. The molecule has 0 amide bonds. The molecular weight excluding hydrogens is 925 g/mol. The zero-order valence-corrected chi connectivity index (χ0v) is 40.1. The third-order valence-corrected chi connectivity index (χ3v) is 14.5. The van der Waals surface area contributed by atoms with Gasteiger partial charge in [0.2, 0.25) is 0 Å². The summed E-state index contributed by atoms with van der Waals surface area (Å²) in [6.45, 7) is 3.24. The first kappa shape index (κ1) is 54.6. The van der Waals surface area contributed by atoms with Gasteiger partial charge in [0.1, 0.15) is 17.6 Å². The number of esters is 1. The van der Waals surface area contributed by atoms with E-state index in [0.717, 1.165) is 23.8 Å². The third-order valence-electron chi connectivity index (χ3n) is 9.84. The van der Waals surface area contributed by atoms with Crippen molar-refractivity contribution in [3.05, 3.63) is 104 Å². The van der Waals surface area contributed by atoms with E-state index in [-0.39, 0.29) is 23.7 Å². The Morgan fingerprint density at radius 1 is 0.697 bits per heavy atom. The smallest absolute Gasteiger partial charge is 0.434 e. The second-order valence-corrected chi connectivity index (χ2v) is 20.3. The Balaban J connectivity index is 1.24. The minimum absolute atomic E-state index is 0.124. The van der Waals surface area contributed by atoms with Crippen LogP contribution in [-0.2, 0) is 63.4 Å². The van der Waals surface area contributed by atoms with Crippen LogP contribution in [0.1, 0.15) is 127 Å². The lowest BCUT2D eigenvalue weighted by Crippen LogP contribution is -2.33. The largest absolute Gasteiger partial charge is 0.513 e. The lowest BCUT2D eigenvalue weighted by molar-refractivity contribution is -0.131. The van der Waals surface area contributed by atoms with Gasteiger partial charge in [0.05, 0.1) is 26.4 Å². The molecule has 1 aromatic heterocycles. The predicted molar refractivity (Wildman–Crippen MR) is 241 cm³/mol. The fourth-order valence-corrected chi connectivity index (χ4v) is 10.5. The number of phosphoric acid groups is 3. The van der Waals surface area contributed by atoms with Gasteiger partial charge in [0.25, 0.3) is 5.56 Å². The molecule has 0 fully saturated rings. The molecular formula is C43H61N2O18P3. The molecule has 3 aromatic rings. The lowest BCUT2D eigenvalue weighted by atomic mass is 10.0. The van der Waals surface area contributed by atoms with Crippen LogP contribution >= 0.6 is 23.5 Å². The summed E-state index contributed by atoms with van der Waals surface area (Å²) in [6, 6.07) is 11.3. The number of aryl methyl sites for hydroxylation is 1. The van der Waals surface area contributed by atoms with Gasteiger partial charge >= 0.3 is 41.3 Å². The minimum Gasteiger partial charge on any atom is -0.434 e. The first-order valence-electron chi connectivity index (χ1n) is 21.9. The highest BCUT2D eigenvalue weighted by atomic mass is 31.3. The van der Waals surface area contributed by atoms with Crippen molar-refractivity contribution in [3.63, 3.8) is 0 Å². The average Bonchev–Trinajstić information content (AvgIpc) is 3.73. The molecule has 0 bridgehead atoms. The van der Waals surface area contributed by atoms with E-state index in [1.54, 1.807) is 0 Å². The van der Waals surface area contributed by atoms with E-state index in [2.05, 4.69) is 16.2 Å². The Hall–Kier alpha value is -4.03. The highest BCUT2D eigenvalue weighted by Gasteiger charge is 2.44. The van der Waals surface area contributed by atoms with Crippen LogP contribution in [0, 0.1) is 6.92 Å². The van der Waals surface area contributed by atoms with Crippen molar-refractivity contribution in [2.75, 3.05) is 13.2 Å². The molecule has 0 aliphatic carbocycles. The average molecular weight is 987 g/mol. The number of nitrogens with zero attached hydrogens (tertiary/aromatic N) is 1. The number of ether oxygens (including phenoxy) is 4. The van der Waals surface area contributed by atoms with Crippen LogP contribution in [0.25, 0.3) is 0 Å². The second kappa shape index (κ2) is 27.7. The number of carbonyl (C=O) groups is 2. The van der Waals surface area contributed by atoms with Crippen molar-refractivity contribution in [3.8, 4) is 11.5 Å². The molecule has 366 valence electrons. The van der Waals surface area contributed by atoms with E-state index in [9.17, 15) is 42.7 Å². The lowest BCUT2D eigenvalue weighted by Gasteiger charge is -2.22. The van der Waals surface area contributed by atoms with Gasteiger partial charge in [0.15, 0.2) is 6.23 Å². The van der Waals surface area contributed by atoms with E-state index in [0.29, 0.717) is 17.5 Å². The van der Waals surface area contributed by atoms with Gasteiger partial charge in [-0.1, -0.05) is 121 Å².